The van der Waals surface area contributed by atoms with Gasteiger partial charge in [0.05, 0.1) is 11.3 Å². The molecule has 1 aromatic heterocycles. The Balaban J connectivity index is 1.42. The summed E-state index contributed by atoms with van der Waals surface area (Å²) in [5, 5.41) is 3.30. The Bertz CT molecular complexity index is 2170. The highest BCUT2D eigenvalue weighted by Crippen LogP contribution is 2.48. The van der Waals surface area contributed by atoms with Crippen molar-refractivity contribution in [1.29, 1.82) is 0 Å². The van der Waals surface area contributed by atoms with Crippen molar-refractivity contribution in [2.24, 2.45) is 0 Å². The van der Waals surface area contributed by atoms with Crippen molar-refractivity contribution < 1.29 is 9.15 Å². The Hall–Kier alpha value is -5.67. The van der Waals surface area contributed by atoms with Gasteiger partial charge >= 0.3 is 5.63 Å². The lowest BCUT2D eigenvalue weighted by Crippen LogP contribution is -2.34. The molecule has 0 spiro atoms. The third-order valence-corrected chi connectivity index (χ3v) is 8.90. The fourth-order valence-electron chi connectivity index (χ4n) is 6.78. The normalized spacial score (nSPS) is 13.6. The van der Waals surface area contributed by atoms with E-state index in [-0.39, 0.29) is 11.5 Å². The molecule has 2 heterocycles. The number of ether oxygens (including phenoxy) is 1. The fourth-order valence-corrected chi connectivity index (χ4v) is 6.78. The van der Waals surface area contributed by atoms with Crippen LogP contribution in [0.15, 0.2) is 161 Å². The van der Waals surface area contributed by atoms with Crippen LogP contribution < -0.4 is 10.4 Å². The first-order valence-electron chi connectivity index (χ1n) is 15.3. The van der Waals surface area contributed by atoms with E-state index >= 15 is 0 Å². The van der Waals surface area contributed by atoms with Crippen molar-refractivity contribution in [2.75, 3.05) is 0 Å². The van der Waals surface area contributed by atoms with Crippen LogP contribution in [0.2, 0.25) is 0 Å². The largest absolute Gasteiger partial charge is 0.472 e. The molecule has 0 fully saturated rings. The van der Waals surface area contributed by atoms with E-state index in [9.17, 15) is 4.79 Å². The van der Waals surface area contributed by atoms with Crippen molar-refractivity contribution in [3.05, 3.63) is 201 Å². The number of hydrogen-bond donors (Lipinski definition) is 0. The number of aryl methyl sites for hydroxylation is 1. The van der Waals surface area contributed by atoms with E-state index in [0.29, 0.717) is 16.9 Å². The predicted molar refractivity (Wildman–Crippen MR) is 182 cm³/mol. The van der Waals surface area contributed by atoms with Gasteiger partial charge in [-0.25, -0.2) is 4.79 Å². The molecule has 45 heavy (non-hydrogen) atoms. The maximum atomic E-state index is 14.2. The maximum absolute atomic E-state index is 14.2. The molecule has 0 N–H and O–H groups in total. The topological polar surface area (TPSA) is 39.4 Å². The first-order chi connectivity index (χ1) is 22.1. The zero-order chi connectivity index (χ0) is 30.4. The quantitative estimate of drug-likeness (QED) is 0.190. The van der Waals surface area contributed by atoms with Crippen LogP contribution in [0.4, 0.5) is 0 Å². The van der Waals surface area contributed by atoms with Crippen molar-refractivity contribution in [1.82, 2.24) is 0 Å². The second-order valence-electron chi connectivity index (χ2n) is 11.7. The molecule has 6 aromatic carbocycles. The Morgan fingerprint density at radius 1 is 0.600 bits per heavy atom. The Kier molecular flexibility index (Phi) is 6.46. The number of rotatable bonds is 5. The van der Waals surface area contributed by atoms with Crippen LogP contribution in [0.1, 0.15) is 45.1 Å². The molecule has 0 saturated carbocycles. The Morgan fingerprint density at radius 2 is 1.16 bits per heavy atom. The highest BCUT2D eigenvalue weighted by molar-refractivity contribution is 6.14. The van der Waals surface area contributed by atoms with Gasteiger partial charge in [-0.3, -0.25) is 0 Å². The lowest BCUT2D eigenvalue weighted by molar-refractivity contribution is 0.164. The number of hydrogen-bond acceptors (Lipinski definition) is 3. The van der Waals surface area contributed by atoms with Crippen molar-refractivity contribution >= 4 is 27.6 Å². The molecule has 0 bridgehead atoms. The second-order valence-corrected chi connectivity index (χ2v) is 11.7. The maximum Gasteiger partial charge on any atom is 0.344 e. The van der Waals surface area contributed by atoms with E-state index in [0.717, 1.165) is 49.5 Å². The van der Waals surface area contributed by atoms with Crippen molar-refractivity contribution in [3.8, 4) is 5.75 Å². The van der Waals surface area contributed by atoms with Gasteiger partial charge in [0.15, 0.2) is 5.60 Å². The van der Waals surface area contributed by atoms with Gasteiger partial charge in [0.25, 0.3) is 0 Å². The number of benzene rings is 6. The lowest BCUT2D eigenvalue weighted by atomic mass is 9.82. The highest BCUT2D eigenvalue weighted by atomic mass is 16.5. The molecule has 0 radical (unpaired) electrons. The first kappa shape index (κ1) is 26.9. The highest BCUT2D eigenvalue weighted by Gasteiger charge is 2.38. The van der Waals surface area contributed by atoms with Gasteiger partial charge in [-0.05, 0) is 41.7 Å². The average molecular weight is 583 g/mol. The average Bonchev–Trinajstić information content (AvgIpc) is 3.10. The molecular formula is C42H30O3. The molecule has 3 nitrogen and oxygen atoms in total. The first-order valence-corrected chi connectivity index (χ1v) is 15.3. The SMILES string of the molecule is Cc1ccc2c3c(c4c(=O)oc(C(c5ccccc5)c5ccccc5)cc4c2c1)C=CC(c1ccccc1)(c1ccccc1)O3. The third-order valence-electron chi connectivity index (χ3n) is 8.90. The minimum Gasteiger partial charge on any atom is -0.472 e. The molecular weight excluding hydrogens is 552 g/mol. The molecule has 0 atom stereocenters. The summed E-state index contributed by atoms with van der Waals surface area (Å²) in [6.07, 6.45) is 4.12. The summed E-state index contributed by atoms with van der Waals surface area (Å²) in [5.74, 6) is 1.04. The zero-order valence-electron chi connectivity index (χ0n) is 24.8. The molecule has 216 valence electrons. The standard InChI is InChI=1S/C42H30O3/c1-28-22-23-33-35(26-28)36-27-37(38(29-14-6-2-7-15-29)30-16-8-3-9-17-30)44-41(43)39(36)34-24-25-42(45-40(33)34,31-18-10-4-11-19-31)32-20-12-5-13-21-32/h2-27,38H,1H3. The minimum atomic E-state index is -0.868. The van der Waals surface area contributed by atoms with E-state index < -0.39 is 5.60 Å². The molecule has 0 aliphatic carbocycles. The van der Waals surface area contributed by atoms with Crippen molar-refractivity contribution in [2.45, 2.75) is 18.4 Å². The van der Waals surface area contributed by atoms with Gasteiger partial charge in [0.1, 0.15) is 11.5 Å². The van der Waals surface area contributed by atoms with E-state index in [1.807, 2.05) is 78.9 Å². The van der Waals surface area contributed by atoms with Crippen molar-refractivity contribution in [3.63, 3.8) is 0 Å². The van der Waals surface area contributed by atoms with Crippen LogP contribution in [0.3, 0.4) is 0 Å². The van der Waals surface area contributed by atoms with Crippen LogP contribution in [0.5, 0.6) is 5.75 Å². The molecule has 1 aliphatic heterocycles. The van der Waals surface area contributed by atoms with Crippen LogP contribution in [0.25, 0.3) is 27.6 Å². The molecule has 0 amide bonds. The molecule has 3 heteroatoms. The van der Waals surface area contributed by atoms with Crippen LogP contribution in [-0.2, 0) is 5.60 Å². The summed E-state index contributed by atoms with van der Waals surface area (Å²) in [4.78, 5) is 14.2. The molecule has 1 aliphatic rings. The molecule has 7 aromatic rings. The molecule has 0 saturated heterocycles. The van der Waals surface area contributed by atoms with Gasteiger partial charge in [-0.15, -0.1) is 0 Å². The second kappa shape index (κ2) is 10.8. The summed E-state index contributed by atoms with van der Waals surface area (Å²) >= 11 is 0. The van der Waals surface area contributed by atoms with Gasteiger partial charge < -0.3 is 9.15 Å². The van der Waals surface area contributed by atoms with E-state index in [1.54, 1.807) is 0 Å². The fraction of sp³-hybridized carbons (Fsp3) is 0.0714. The van der Waals surface area contributed by atoms with Gasteiger partial charge in [-0.2, -0.15) is 0 Å². The summed E-state index contributed by atoms with van der Waals surface area (Å²) in [7, 11) is 0. The smallest absolute Gasteiger partial charge is 0.344 e. The predicted octanol–water partition coefficient (Wildman–Crippen LogP) is 9.78. The molecule has 8 rings (SSSR count). The van der Waals surface area contributed by atoms with Crippen LogP contribution in [0, 0.1) is 6.92 Å². The van der Waals surface area contributed by atoms with E-state index in [1.165, 1.54) is 0 Å². The Morgan fingerprint density at radius 3 is 1.73 bits per heavy atom. The Labute approximate surface area is 261 Å². The summed E-state index contributed by atoms with van der Waals surface area (Å²) in [6, 6.07) is 49.3. The van der Waals surface area contributed by atoms with E-state index in [2.05, 4.69) is 85.8 Å². The van der Waals surface area contributed by atoms with Crippen LogP contribution in [-0.4, -0.2) is 0 Å². The number of fused-ring (bicyclic) bond motifs is 6. The zero-order valence-corrected chi connectivity index (χ0v) is 24.8. The van der Waals surface area contributed by atoms with Crippen LogP contribution >= 0.6 is 0 Å². The lowest BCUT2D eigenvalue weighted by Gasteiger charge is -2.37. The van der Waals surface area contributed by atoms with Gasteiger partial charge in [0, 0.05) is 27.5 Å². The summed E-state index contributed by atoms with van der Waals surface area (Å²) < 4.78 is 13.4. The minimum absolute atomic E-state index is 0.240. The monoisotopic (exact) mass is 582 g/mol. The summed E-state index contributed by atoms with van der Waals surface area (Å²) in [5.41, 5.74) is 4.73. The van der Waals surface area contributed by atoms with Gasteiger partial charge in [-0.1, -0.05) is 145 Å². The van der Waals surface area contributed by atoms with E-state index in [4.69, 9.17) is 9.15 Å². The molecule has 0 unspecified atom stereocenters. The van der Waals surface area contributed by atoms with Gasteiger partial charge in [0.2, 0.25) is 0 Å². The third kappa shape index (κ3) is 4.47. The summed E-state index contributed by atoms with van der Waals surface area (Å²) in [6.45, 7) is 2.08.